The molecule has 0 atom stereocenters. The Morgan fingerprint density at radius 3 is 2.62 bits per heavy atom. The van der Waals surface area contributed by atoms with Crippen molar-refractivity contribution in [3.63, 3.8) is 0 Å². The van der Waals surface area contributed by atoms with Crippen molar-refractivity contribution in [3.8, 4) is 17.5 Å². The molecule has 0 radical (unpaired) electrons. The highest BCUT2D eigenvalue weighted by molar-refractivity contribution is 5.50. The van der Waals surface area contributed by atoms with E-state index in [9.17, 15) is 0 Å². The zero-order valence-corrected chi connectivity index (χ0v) is 13.0. The van der Waals surface area contributed by atoms with Gasteiger partial charge in [-0.1, -0.05) is 26.0 Å². The van der Waals surface area contributed by atoms with Gasteiger partial charge in [0.25, 0.3) is 0 Å². The van der Waals surface area contributed by atoms with E-state index in [0.717, 1.165) is 11.3 Å². The van der Waals surface area contributed by atoms with Crippen molar-refractivity contribution >= 4 is 5.69 Å². The number of aromatic nitrogens is 1. The Morgan fingerprint density at radius 1 is 1.14 bits per heavy atom. The largest absolute Gasteiger partial charge is 0.476 e. The summed E-state index contributed by atoms with van der Waals surface area (Å²) >= 11 is 0. The van der Waals surface area contributed by atoms with E-state index in [1.165, 1.54) is 5.56 Å². The van der Waals surface area contributed by atoms with Crippen LogP contribution in [0.2, 0.25) is 0 Å². The van der Waals surface area contributed by atoms with Crippen LogP contribution in [0.25, 0.3) is 0 Å². The summed E-state index contributed by atoms with van der Waals surface area (Å²) in [5, 5.41) is 0. The molecule has 0 aliphatic heterocycles. The van der Waals surface area contributed by atoms with Gasteiger partial charge in [0.2, 0.25) is 11.8 Å². The Balaban J connectivity index is 2.20. The third kappa shape index (κ3) is 3.88. The van der Waals surface area contributed by atoms with Crippen molar-refractivity contribution in [2.45, 2.75) is 27.7 Å². The first-order chi connectivity index (χ1) is 9.97. The Morgan fingerprint density at radius 2 is 1.90 bits per heavy atom. The van der Waals surface area contributed by atoms with Crippen LogP contribution in [0, 0.1) is 19.8 Å². The van der Waals surface area contributed by atoms with Gasteiger partial charge in [0.05, 0.1) is 12.3 Å². The maximum Gasteiger partial charge on any atom is 0.240 e. The van der Waals surface area contributed by atoms with Crippen LogP contribution in [0.4, 0.5) is 5.69 Å². The number of nitrogens with two attached hydrogens (primary N) is 1. The maximum atomic E-state index is 5.88. The number of nitrogen functional groups attached to an aromatic ring is 1. The number of pyridine rings is 1. The molecule has 0 bridgehead atoms. The highest BCUT2D eigenvalue weighted by atomic mass is 16.5. The third-order valence-corrected chi connectivity index (χ3v) is 3.19. The molecule has 1 aromatic carbocycles. The number of hydrogen-bond donors (Lipinski definition) is 1. The zero-order chi connectivity index (χ0) is 15.4. The van der Waals surface area contributed by atoms with E-state index in [4.69, 9.17) is 15.2 Å². The highest BCUT2D eigenvalue weighted by Crippen LogP contribution is 2.29. The molecule has 0 amide bonds. The fourth-order valence-electron chi connectivity index (χ4n) is 1.80. The van der Waals surface area contributed by atoms with E-state index in [2.05, 4.69) is 31.8 Å². The van der Waals surface area contributed by atoms with Gasteiger partial charge < -0.3 is 15.2 Å². The van der Waals surface area contributed by atoms with Gasteiger partial charge in [0.1, 0.15) is 5.75 Å². The Hall–Kier alpha value is -2.23. The molecule has 0 unspecified atom stereocenters. The van der Waals surface area contributed by atoms with E-state index in [-0.39, 0.29) is 0 Å². The minimum atomic E-state index is 0.412. The van der Waals surface area contributed by atoms with Crippen molar-refractivity contribution in [1.29, 1.82) is 0 Å². The summed E-state index contributed by atoms with van der Waals surface area (Å²) in [7, 11) is 0. The van der Waals surface area contributed by atoms with Crippen LogP contribution in [0.5, 0.6) is 17.5 Å². The van der Waals surface area contributed by atoms with Crippen LogP contribution in [0.15, 0.2) is 30.3 Å². The van der Waals surface area contributed by atoms with E-state index >= 15 is 0 Å². The first-order valence-electron chi connectivity index (χ1n) is 7.10. The van der Waals surface area contributed by atoms with E-state index < -0.39 is 0 Å². The minimum absolute atomic E-state index is 0.412. The first-order valence-corrected chi connectivity index (χ1v) is 7.10. The van der Waals surface area contributed by atoms with Gasteiger partial charge in [-0.3, -0.25) is 0 Å². The number of hydrogen-bond acceptors (Lipinski definition) is 4. The second-order valence-corrected chi connectivity index (χ2v) is 5.55. The molecular weight excluding hydrogens is 264 g/mol. The van der Waals surface area contributed by atoms with Gasteiger partial charge in [-0.15, -0.1) is 0 Å². The van der Waals surface area contributed by atoms with Crippen molar-refractivity contribution in [2.24, 2.45) is 5.92 Å². The predicted octanol–water partition coefficient (Wildman–Crippen LogP) is 4.11. The Kier molecular flexibility index (Phi) is 4.68. The molecule has 112 valence electrons. The lowest BCUT2D eigenvalue weighted by molar-refractivity contribution is 0.260. The Labute approximate surface area is 125 Å². The molecule has 1 aromatic heterocycles. The number of aryl methyl sites for hydroxylation is 1. The van der Waals surface area contributed by atoms with Crippen molar-refractivity contribution in [2.75, 3.05) is 12.3 Å². The first kappa shape index (κ1) is 15.2. The zero-order valence-electron chi connectivity index (χ0n) is 13.0. The molecule has 0 aliphatic rings. The molecule has 4 nitrogen and oxygen atoms in total. The number of anilines is 1. The summed E-state index contributed by atoms with van der Waals surface area (Å²) in [5.74, 6) is 2.11. The lowest BCUT2D eigenvalue weighted by Gasteiger charge is -2.13. The SMILES string of the molecule is Cc1cccc(Oc2ccc(N)c(OCC(C)C)n2)c1C. The van der Waals surface area contributed by atoms with Crippen LogP contribution < -0.4 is 15.2 Å². The summed E-state index contributed by atoms with van der Waals surface area (Å²) in [6.07, 6.45) is 0. The van der Waals surface area contributed by atoms with Crippen molar-refractivity contribution in [1.82, 2.24) is 4.98 Å². The van der Waals surface area contributed by atoms with Gasteiger partial charge in [-0.05, 0) is 43.0 Å². The number of nitrogens with zero attached hydrogens (tertiary/aromatic N) is 1. The summed E-state index contributed by atoms with van der Waals surface area (Å²) in [4.78, 5) is 4.34. The molecule has 21 heavy (non-hydrogen) atoms. The highest BCUT2D eigenvalue weighted by Gasteiger charge is 2.09. The minimum Gasteiger partial charge on any atom is -0.476 e. The second kappa shape index (κ2) is 6.48. The molecular formula is C17H22N2O2. The third-order valence-electron chi connectivity index (χ3n) is 3.19. The van der Waals surface area contributed by atoms with Crippen LogP contribution in [-0.4, -0.2) is 11.6 Å². The quantitative estimate of drug-likeness (QED) is 0.898. The normalized spacial score (nSPS) is 10.7. The molecule has 2 aromatic rings. The van der Waals surface area contributed by atoms with Crippen LogP contribution >= 0.6 is 0 Å². The van der Waals surface area contributed by atoms with Gasteiger partial charge >= 0.3 is 0 Å². The van der Waals surface area contributed by atoms with Gasteiger partial charge in [0, 0.05) is 6.07 Å². The molecule has 0 saturated heterocycles. The summed E-state index contributed by atoms with van der Waals surface area (Å²) in [6, 6.07) is 9.44. The average Bonchev–Trinajstić information content (AvgIpc) is 2.44. The molecule has 0 saturated carbocycles. The smallest absolute Gasteiger partial charge is 0.240 e. The summed E-state index contributed by atoms with van der Waals surface area (Å²) < 4.78 is 11.5. The van der Waals surface area contributed by atoms with Gasteiger partial charge in [-0.25, -0.2) is 0 Å². The average molecular weight is 286 g/mol. The van der Waals surface area contributed by atoms with Crippen molar-refractivity contribution < 1.29 is 9.47 Å². The van der Waals surface area contributed by atoms with Gasteiger partial charge in [-0.2, -0.15) is 4.98 Å². The maximum absolute atomic E-state index is 5.88. The second-order valence-electron chi connectivity index (χ2n) is 5.55. The van der Waals surface area contributed by atoms with E-state index in [0.29, 0.717) is 30.0 Å². The van der Waals surface area contributed by atoms with Crippen LogP contribution in [0.1, 0.15) is 25.0 Å². The van der Waals surface area contributed by atoms with E-state index in [1.807, 2.05) is 19.1 Å². The predicted molar refractivity (Wildman–Crippen MR) is 85.0 cm³/mol. The fraction of sp³-hybridized carbons (Fsp3) is 0.353. The molecule has 2 N–H and O–H groups in total. The number of rotatable bonds is 5. The lowest BCUT2D eigenvalue weighted by atomic mass is 10.1. The standard InChI is InChI=1S/C17H22N2O2/c1-11(2)10-20-17-14(18)8-9-16(19-17)21-15-7-5-6-12(3)13(15)4/h5-9,11H,10,18H2,1-4H3. The van der Waals surface area contributed by atoms with Crippen molar-refractivity contribution in [3.05, 3.63) is 41.5 Å². The topological polar surface area (TPSA) is 57.4 Å². The number of ether oxygens (including phenoxy) is 2. The Bertz CT molecular complexity index is 624. The van der Waals surface area contributed by atoms with Crippen LogP contribution in [-0.2, 0) is 0 Å². The molecule has 2 rings (SSSR count). The summed E-state index contributed by atoms with van der Waals surface area (Å²) in [5.41, 5.74) is 8.68. The molecule has 0 aliphatic carbocycles. The molecule has 0 spiro atoms. The number of benzene rings is 1. The lowest BCUT2D eigenvalue weighted by Crippen LogP contribution is -2.08. The molecule has 0 fully saturated rings. The molecule has 1 heterocycles. The molecule has 4 heteroatoms. The van der Waals surface area contributed by atoms with E-state index in [1.54, 1.807) is 12.1 Å². The fourth-order valence-corrected chi connectivity index (χ4v) is 1.80. The van der Waals surface area contributed by atoms with Crippen LogP contribution in [0.3, 0.4) is 0 Å². The summed E-state index contributed by atoms with van der Waals surface area (Å²) in [6.45, 7) is 8.80. The van der Waals surface area contributed by atoms with Gasteiger partial charge in [0.15, 0.2) is 0 Å². The monoisotopic (exact) mass is 286 g/mol.